The highest BCUT2D eigenvalue weighted by atomic mass is 127. The molecule has 0 saturated heterocycles. The van der Waals surface area contributed by atoms with E-state index in [4.69, 9.17) is 0 Å². The molecule has 0 aliphatic heterocycles. The van der Waals surface area contributed by atoms with Crippen LogP contribution in [0.15, 0.2) is 0 Å². The minimum Gasteiger partial charge on any atom is -0.0820 e. The van der Waals surface area contributed by atoms with Gasteiger partial charge in [0.15, 0.2) is 0 Å². The van der Waals surface area contributed by atoms with Crippen LogP contribution in [0.25, 0.3) is 0 Å². The molecule has 0 radical (unpaired) electrons. The quantitative estimate of drug-likeness (QED) is 0.435. The summed E-state index contributed by atoms with van der Waals surface area (Å²) in [5, 5.41) is 0. The van der Waals surface area contributed by atoms with E-state index in [0.29, 0.717) is 0 Å². The molecule has 6 bridgehead atoms. The fourth-order valence-electron chi connectivity index (χ4n) is 6.45. The molecule has 0 unspecified atom stereocenters. The predicted molar refractivity (Wildman–Crippen MR) is 68.2 cm³/mol. The van der Waals surface area contributed by atoms with Crippen LogP contribution in [0.4, 0.5) is 0 Å². The zero-order valence-corrected chi connectivity index (χ0v) is 11.6. The third-order valence-electron chi connectivity index (χ3n) is 6.21. The highest BCUT2D eigenvalue weighted by Crippen LogP contribution is 2.84. The highest BCUT2D eigenvalue weighted by Gasteiger charge is 2.82. The molecule has 0 heterocycles. The standard InChI is InChI=1S/C11H12I2/c12-10-6-2-1-3-5(6)9-8(10)4(2)7(3)11(9)13/h2-11H,1H2/t2-,3+,4+,5-,6-,7+,8-,9-,10+,11-/m1/s1. The summed E-state index contributed by atoms with van der Waals surface area (Å²) in [4.78, 5) is 0. The van der Waals surface area contributed by atoms with Crippen LogP contribution < -0.4 is 0 Å². The monoisotopic (exact) mass is 398 g/mol. The average Bonchev–Trinajstić information content (AvgIpc) is 2.78. The predicted octanol–water partition coefficient (Wildman–Crippen LogP) is 2.98. The molecule has 13 heavy (non-hydrogen) atoms. The maximum absolute atomic E-state index is 2.81. The molecular weight excluding hydrogens is 386 g/mol. The van der Waals surface area contributed by atoms with Crippen LogP contribution in [-0.4, -0.2) is 7.85 Å². The van der Waals surface area contributed by atoms with Gasteiger partial charge in [-0.1, -0.05) is 45.2 Å². The summed E-state index contributed by atoms with van der Waals surface area (Å²) >= 11 is 5.61. The SMILES string of the molecule is I[C@@H]1[C@H]2[C@@H]3[C@H](I)[C@H]4[C@H]5C[C@H]([C@H]24)[C@@H]1[C@@H]53. The van der Waals surface area contributed by atoms with Crippen molar-refractivity contribution in [2.75, 3.05) is 0 Å². The van der Waals surface area contributed by atoms with Gasteiger partial charge in [0.2, 0.25) is 0 Å². The Kier molecular flexibility index (Phi) is 1.17. The summed E-state index contributed by atoms with van der Waals surface area (Å²) < 4.78 is 2.19. The summed E-state index contributed by atoms with van der Waals surface area (Å²) in [5.41, 5.74) is 0. The van der Waals surface area contributed by atoms with E-state index in [2.05, 4.69) is 45.2 Å². The number of halogens is 2. The molecule has 10 atom stereocenters. The van der Waals surface area contributed by atoms with Crippen molar-refractivity contribution in [1.29, 1.82) is 0 Å². The van der Waals surface area contributed by atoms with Gasteiger partial charge in [0.1, 0.15) is 0 Å². The number of alkyl halides is 2. The molecule has 0 amide bonds. The van der Waals surface area contributed by atoms with Crippen LogP contribution in [-0.2, 0) is 0 Å². The third kappa shape index (κ3) is 0.535. The first-order chi connectivity index (χ1) is 6.30. The first kappa shape index (κ1) is 7.69. The van der Waals surface area contributed by atoms with Gasteiger partial charge in [-0.3, -0.25) is 0 Å². The molecule has 70 valence electrons. The van der Waals surface area contributed by atoms with Crippen molar-refractivity contribution in [2.24, 2.45) is 47.3 Å². The van der Waals surface area contributed by atoms with Crippen molar-refractivity contribution < 1.29 is 0 Å². The molecule has 6 rings (SSSR count). The molecule has 6 fully saturated rings. The lowest BCUT2D eigenvalue weighted by Crippen LogP contribution is -2.30. The van der Waals surface area contributed by atoms with E-state index < -0.39 is 0 Å². The van der Waals surface area contributed by atoms with Gasteiger partial charge in [-0.25, -0.2) is 0 Å². The Labute approximate surface area is 106 Å². The van der Waals surface area contributed by atoms with Gasteiger partial charge < -0.3 is 0 Å². The van der Waals surface area contributed by atoms with Crippen LogP contribution in [0, 0.1) is 47.3 Å². The van der Waals surface area contributed by atoms with E-state index in [1.807, 2.05) is 0 Å². The van der Waals surface area contributed by atoms with Gasteiger partial charge in [0.05, 0.1) is 0 Å². The topological polar surface area (TPSA) is 0 Å². The molecule has 6 aliphatic rings. The van der Waals surface area contributed by atoms with E-state index in [1.54, 1.807) is 6.42 Å². The Morgan fingerprint density at radius 1 is 0.615 bits per heavy atom. The first-order valence-electron chi connectivity index (χ1n) is 5.59. The normalized spacial score (nSPS) is 85.4. The summed E-state index contributed by atoms with van der Waals surface area (Å²) in [5.74, 6) is 9.62. The van der Waals surface area contributed by atoms with E-state index >= 15 is 0 Å². The largest absolute Gasteiger partial charge is 0.0820 e. The smallest absolute Gasteiger partial charge is 0.0178 e. The van der Waals surface area contributed by atoms with E-state index in [1.165, 1.54) is 47.3 Å². The first-order valence-corrected chi connectivity index (χ1v) is 8.08. The van der Waals surface area contributed by atoms with Crippen LogP contribution in [0.2, 0.25) is 0 Å². The van der Waals surface area contributed by atoms with E-state index in [-0.39, 0.29) is 0 Å². The maximum Gasteiger partial charge on any atom is 0.0178 e. The van der Waals surface area contributed by atoms with Crippen molar-refractivity contribution >= 4 is 45.2 Å². The fourth-order valence-corrected chi connectivity index (χ4v) is 10.4. The van der Waals surface area contributed by atoms with Gasteiger partial charge in [0, 0.05) is 7.85 Å². The van der Waals surface area contributed by atoms with Crippen LogP contribution in [0.3, 0.4) is 0 Å². The Bertz CT molecular complexity index is 281. The molecule has 0 spiro atoms. The van der Waals surface area contributed by atoms with Crippen LogP contribution >= 0.6 is 45.2 Å². The molecule has 0 aromatic rings. The second kappa shape index (κ2) is 1.98. The summed E-state index contributed by atoms with van der Waals surface area (Å²) in [7, 11) is 0. The molecule has 6 saturated carbocycles. The summed E-state index contributed by atoms with van der Waals surface area (Å²) in [6.07, 6.45) is 1.65. The van der Waals surface area contributed by atoms with Crippen LogP contribution in [0.1, 0.15) is 6.42 Å². The average molecular weight is 398 g/mol. The Hall–Kier alpha value is 1.46. The molecule has 0 nitrogen and oxygen atoms in total. The van der Waals surface area contributed by atoms with E-state index in [0.717, 1.165) is 7.85 Å². The minimum absolute atomic E-state index is 1.09. The third-order valence-corrected chi connectivity index (χ3v) is 9.54. The number of rotatable bonds is 0. The Morgan fingerprint density at radius 2 is 1.08 bits per heavy atom. The number of hydrogen-bond donors (Lipinski definition) is 0. The van der Waals surface area contributed by atoms with Crippen molar-refractivity contribution in [3.8, 4) is 0 Å². The molecule has 6 aliphatic carbocycles. The summed E-state index contributed by atoms with van der Waals surface area (Å²) in [6, 6.07) is 0. The lowest BCUT2D eigenvalue weighted by atomic mass is 9.71. The second-order valence-corrected chi connectivity index (χ2v) is 8.79. The van der Waals surface area contributed by atoms with Gasteiger partial charge >= 0.3 is 0 Å². The molecule has 0 N–H and O–H groups in total. The van der Waals surface area contributed by atoms with Crippen molar-refractivity contribution in [3.63, 3.8) is 0 Å². The lowest BCUT2D eigenvalue weighted by Gasteiger charge is -2.33. The Balaban J connectivity index is 1.86. The van der Waals surface area contributed by atoms with Crippen molar-refractivity contribution in [2.45, 2.75) is 14.3 Å². The fraction of sp³-hybridized carbons (Fsp3) is 1.00. The van der Waals surface area contributed by atoms with Crippen molar-refractivity contribution in [1.82, 2.24) is 0 Å². The lowest BCUT2D eigenvalue weighted by molar-refractivity contribution is 0.132. The zero-order valence-electron chi connectivity index (χ0n) is 7.24. The van der Waals surface area contributed by atoms with Gasteiger partial charge in [-0.15, -0.1) is 0 Å². The molecular formula is C11H12I2. The van der Waals surface area contributed by atoms with Gasteiger partial charge in [-0.2, -0.15) is 0 Å². The Morgan fingerprint density at radius 3 is 1.54 bits per heavy atom. The summed E-state index contributed by atoms with van der Waals surface area (Å²) in [6.45, 7) is 0. The van der Waals surface area contributed by atoms with E-state index in [9.17, 15) is 0 Å². The maximum atomic E-state index is 2.81. The van der Waals surface area contributed by atoms with Gasteiger partial charge in [0.25, 0.3) is 0 Å². The molecule has 0 aromatic carbocycles. The molecule has 2 heteroatoms. The highest BCUT2D eigenvalue weighted by molar-refractivity contribution is 14.1. The number of hydrogen-bond acceptors (Lipinski definition) is 0. The van der Waals surface area contributed by atoms with Crippen molar-refractivity contribution in [3.05, 3.63) is 0 Å². The van der Waals surface area contributed by atoms with Crippen LogP contribution in [0.5, 0.6) is 0 Å². The minimum atomic E-state index is 1.09. The molecule has 0 aromatic heterocycles. The second-order valence-electron chi connectivity index (χ2n) is 5.92. The zero-order chi connectivity index (χ0) is 8.48. The van der Waals surface area contributed by atoms with Gasteiger partial charge in [-0.05, 0) is 53.8 Å².